The van der Waals surface area contributed by atoms with E-state index < -0.39 is 0 Å². The fraction of sp³-hybridized carbons (Fsp3) is 0.571. The number of hydrogen-bond acceptors (Lipinski definition) is 2. The van der Waals surface area contributed by atoms with Gasteiger partial charge in [-0.2, -0.15) is 0 Å². The van der Waals surface area contributed by atoms with Crippen molar-refractivity contribution in [1.82, 2.24) is 0 Å². The standard InChI is InChI=1S/C14H21NO/c1-14(2,3)12-4-6-13(7-5-12)15-8-10-16-11-9-15/h4-7H,8-11H2,1-3H3. The molecule has 0 N–H and O–H groups in total. The van der Waals surface area contributed by atoms with Gasteiger partial charge in [0.1, 0.15) is 0 Å². The molecule has 16 heavy (non-hydrogen) atoms. The van der Waals surface area contributed by atoms with E-state index in [1.54, 1.807) is 0 Å². The average molecular weight is 219 g/mol. The lowest BCUT2D eigenvalue weighted by atomic mass is 9.87. The Labute approximate surface area is 98.2 Å². The predicted molar refractivity (Wildman–Crippen MR) is 68.2 cm³/mol. The monoisotopic (exact) mass is 219 g/mol. The van der Waals surface area contributed by atoms with Crippen molar-refractivity contribution in [3.05, 3.63) is 29.8 Å². The van der Waals surface area contributed by atoms with Crippen LogP contribution in [0.2, 0.25) is 0 Å². The van der Waals surface area contributed by atoms with Gasteiger partial charge in [-0.15, -0.1) is 0 Å². The zero-order valence-corrected chi connectivity index (χ0v) is 10.5. The number of hydrogen-bond donors (Lipinski definition) is 0. The smallest absolute Gasteiger partial charge is 0.0642 e. The summed E-state index contributed by atoms with van der Waals surface area (Å²) in [5.41, 5.74) is 2.95. The van der Waals surface area contributed by atoms with Crippen molar-refractivity contribution in [2.24, 2.45) is 0 Å². The van der Waals surface area contributed by atoms with E-state index in [-0.39, 0.29) is 5.41 Å². The zero-order chi connectivity index (χ0) is 11.6. The van der Waals surface area contributed by atoms with Crippen molar-refractivity contribution in [1.29, 1.82) is 0 Å². The lowest BCUT2D eigenvalue weighted by Gasteiger charge is -2.29. The fourth-order valence-electron chi connectivity index (χ4n) is 1.99. The Kier molecular flexibility index (Phi) is 3.20. The van der Waals surface area contributed by atoms with Crippen molar-refractivity contribution in [2.75, 3.05) is 31.2 Å². The molecule has 2 heteroatoms. The molecule has 0 spiro atoms. The first kappa shape index (κ1) is 11.5. The SMILES string of the molecule is CC(C)(C)c1ccc(N2CCOCC2)cc1. The Morgan fingerprint density at radius 1 is 1.00 bits per heavy atom. The molecule has 0 atom stereocenters. The molecule has 1 fully saturated rings. The molecule has 1 aromatic rings. The molecular weight excluding hydrogens is 198 g/mol. The molecule has 1 saturated heterocycles. The van der Waals surface area contributed by atoms with Crippen molar-refractivity contribution >= 4 is 5.69 Å². The summed E-state index contributed by atoms with van der Waals surface area (Å²) in [7, 11) is 0. The minimum Gasteiger partial charge on any atom is -0.378 e. The highest BCUT2D eigenvalue weighted by molar-refractivity contribution is 5.48. The van der Waals surface area contributed by atoms with Crippen LogP contribution in [0.25, 0.3) is 0 Å². The Hall–Kier alpha value is -1.02. The molecule has 0 aliphatic carbocycles. The van der Waals surface area contributed by atoms with E-state index in [0.29, 0.717) is 0 Å². The van der Waals surface area contributed by atoms with Crippen molar-refractivity contribution in [3.63, 3.8) is 0 Å². The van der Waals surface area contributed by atoms with Crippen LogP contribution in [0, 0.1) is 0 Å². The summed E-state index contributed by atoms with van der Waals surface area (Å²) in [5, 5.41) is 0. The van der Waals surface area contributed by atoms with Crippen molar-refractivity contribution < 1.29 is 4.74 Å². The van der Waals surface area contributed by atoms with Gasteiger partial charge in [0.15, 0.2) is 0 Å². The summed E-state index contributed by atoms with van der Waals surface area (Å²) in [4.78, 5) is 2.38. The van der Waals surface area contributed by atoms with Crippen LogP contribution in [0.5, 0.6) is 0 Å². The lowest BCUT2D eigenvalue weighted by Crippen LogP contribution is -2.36. The Bertz CT molecular complexity index is 331. The van der Waals surface area contributed by atoms with Crippen LogP contribution in [-0.4, -0.2) is 26.3 Å². The maximum absolute atomic E-state index is 5.36. The summed E-state index contributed by atoms with van der Waals surface area (Å²) in [6.07, 6.45) is 0. The Morgan fingerprint density at radius 2 is 1.56 bits per heavy atom. The molecule has 1 heterocycles. The molecule has 1 aliphatic rings. The molecule has 2 rings (SSSR count). The van der Waals surface area contributed by atoms with Gasteiger partial charge in [-0.05, 0) is 23.1 Å². The number of rotatable bonds is 1. The van der Waals surface area contributed by atoms with Gasteiger partial charge in [-0.1, -0.05) is 32.9 Å². The molecule has 1 aliphatic heterocycles. The molecule has 1 aromatic carbocycles. The van der Waals surface area contributed by atoms with Crippen LogP contribution in [-0.2, 0) is 10.2 Å². The van der Waals surface area contributed by atoms with E-state index in [2.05, 4.69) is 49.9 Å². The van der Waals surface area contributed by atoms with Gasteiger partial charge in [-0.3, -0.25) is 0 Å². The third-order valence-electron chi connectivity index (χ3n) is 3.11. The van der Waals surface area contributed by atoms with E-state index in [1.165, 1.54) is 11.3 Å². The highest BCUT2D eigenvalue weighted by Gasteiger charge is 2.15. The fourth-order valence-corrected chi connectivity index (χ4v) is 1.99. The first-order valence-electron chi connectivity index (χ1n) is 6.00. The number of morpholine rings is 1. The van der Waals surface area contributed by atoms with Crippen LogP contribution < -0.4 is 4.90 Å². The number of benzene rings is 1. The van der Waals surface area contributed by atoms with Crippen LogP contribution in [0.15, 0.2) is 24.3 Å². The molecule has 0 unspecified atom stereocenters. The van der Waals surface area contributed by atoms with Crippen LogP contribution in [0.4, 0.5) is 5.69 Å². The van der Waals surface area contributed by atoms with E-state index in [4.69, 9.17) is 4.74 Å². The minimum atomic E-state index is 0.240. The molecule has 0 bridgehead atoms. The summed E-state index contributed by atoms with van der Waals surface area (Å²) >= 11 is 0. The van der Waals surface area contributed by atoms with Crippen LogP contribution in [0.1, 0.15) is 26.3 Å². The Balaban J connectivity index is 2.12. The number of nitrogens with zero attached hydrogens (tertiary/aromatic N) is 1. The van der Waals surface area contributed by atoms with Crippen LogP contribution >= 0.6 is 0 Å². The lowest BCUT2D eigenvalue weighted by molar-refractivity contribution is 0.122. The van der Waals surface area contributed by atoms with E-state index in [1.807, 2.05) is 0 Å². The summed E-state index contributed by atoms with van der Waals surface area (Å²) in [5.74, 6) is 0. The summed E-state index contributed by atoms with van der Waals surface area (Å²) in [6.45, 7) is 10.5. The highest BCUT2D eigenvalue weighted by atomic mass is 16.5. The first-order chi connectivity index (χ1) is 7.57. The van der Waals surface area contributed by atoms with Gasteiger partial charge in [0, 0.05) is 18.8 Å². The number of ether oxygens (including phenoxy) is 1. The zero-order valence-electron chi connectivity index (χ0n) is 10.5. The molecule has 0 saturated carbocycles. The molecule has 0 radical (unpaired) electrons. The topological polar surface area (TPSA) is 12.5 Å². The molecule has 2 nitrogen and oxygen atoms in total. The first-order valence-corrected chi connectivity index (χ1v) is 6.00. The van der Waals surface area contributed by atoms with E-state index in [0.717, 1.165) is 26.3 Å². The van der Waals surface area contributed by atoms with Gasteiger partial charge < -0.3 is 9.64 Å². The molecule has 88 valence electrons. The second-order valence-corrected chi connectivity index (χ2v) is 5.40. The normalized spacial score (nSPS) is 17.6. The van der Waals surface area contributed by atoms with Crippen molar-refractivity contribution in [2.45, 2.75) is 26.2 Å². The third-order valence-corrected chi connectivity index (χ3v) is 3.11. The molecule has 0 amide bonds. The highest BCUT2D eigenvalue weighted by Crippen LogP contribution is 2.25. The largest absolute Gasteiger partial charge is 0.378 e. The maximum atomic E-state index is 5.36. The van der Waals surface area contributed by atoms with Crippen molar-refractivity contribution in [3.8, 4) is 0 Å². The summed E-state index contributed by atoms with van der Waals surface area (Å²) < 4.78 is 5.36. The van der Waals surface area contributed by atoms with E-state index >= 15 is 0 Å². The van der Waals surface area contributed by atoms with Gasteiger partial charge >= 0.3 is 0 Å². The summed E-state index contributed by atoms with van der Waals surface area (Å²) in [6, 6.07) is 8.94. The van der Waals surface area contributed by atoms with Gasteiger partial charge in [0.25, 0.3) is 0 Å². The second-order valence-electron chi connectivity index (χ2n) is 5.40. The molecule has 0 aromatic heterocycles. The van der Waals surface area contributed by atoms with E-state index in [9.17, 15) is 0 Å². The van der Waals surface area contributed by atoms with Gasteiger partial charge in [0.05, 0.1) is 13.2 Å². The third kappa shape index (κ3) is 2.56. The molecular formula is C14H21NO. The Morgan fingerprint density at radius 3 is 2.06 bits per heavy atom. The number of anilines is 1. The van der Waals surface area contributed by atoms with Gasteiger partial charge in [0.2, 0.25) is 0 Å². The van der Waals surface area contributed by atoms with Gasteiger partial charge in [-0.25, -0.2) is 0 Å². The predicted octanol–water partition coefficient (Wildman–Crippen LogP) is 2.82. The average Bonchev–Trinajstić information content (AvgIpc) is 2.29. The van der Waals surface area contributed by atoms with Crippen LogP contribution in [0.3, 0.4) is 0 Å². The maximum Gasteiger partial charge on any atom is 0.0642 e. The quantitative estimate of drug-likeness (QED) is 0.720. The minimum absolute atomic E-state index is 0.240. The second kappa shape index (κ2) is 4.46.